The summed E-state index contributed by atoms with van der Waals surface area (Å²) in [6, 6.07) is 3.83. The van der Waals surface area contributed by atoms with Crippen molar-refractivity contribution in [2.45, 2.75) is 0 Å². The molecule has 0 aromatic carbocycles. The summed E-state index contributed by atoms with van der Waals surface area (Å²) in [5.41, 5.74) is 8.34. The maximum atomic E-state index is 5.74. The van der Waals surface area contributed by atoms with E-state index in [2.05, 4.69) is 20.2 Å². The summed E-state index contributed by atoms with van der Waals surface area (Å²) >= 11 is 0. The number of rotatable bonds is 2. The molecule has 0 saturated carbocycles. The molecule has 3 aromatic heterocycles. The van der Waals surface area contributed by atoms with Gasteiger partial charge in [-0.15, -0.1) is 0 Å². The average molecular weight is 226 g/mol. The van der Waals surface area contributed by atoms with E-state index >= 15 is 0 Å². The number of aromatic nitrogens is 5. The standard InChI is InChI=1S/C11H10N6/c12-11-10(5-15-16-11)17-6-9(14-7-17)8-2-1-3-13-4-8/h1-7H,(H3,12,15,16). The van der Waals surface area contributed by atoms with E-state index in [4.69, 9.17) is 5.73 Å². The number of nitrogen functional groups attached to an aromatic ring is 1. The van der Waals surface area contributed by atoms with Gasteiger partial charge in [0, 0.05) is 24.2 Å². The molecular formula is C11H10N6. The Bertz CT molecular complexity index is 624. The summed E-state index contributed by atoms with van der Waals surface area (Å²) < 4.78 is 1.82. The van der Waals surface area contributed by atoms with Gasteiger partial charge in [-0.3, -0.25) is 10.1 Å². The molecule has 17 heavy (non-hydrogen) atoms. The molecule has 0 unspecified atom stereocenters. The molecule has 0 bridgehead atoms. The van der Waals surface area contributed by atoms with Gasteiger partial charge in [-0.2, -0.15) is 5.10 Å². The molecular weight excluding hydrogens is 216 g/mol. The van der Waals surface area contributed by atoms with Crippen LogP contribution in [-0.4, -0.2) is 24.7 Å². The Labute approximate surface area is 97.1 Å². The number of nitrogens with two attached hydrogens (primary N) is 1. The number of H-pyrrole nitrogens is 1. The van der Waals surface area contributed by atoms with E-state index in [0.717, 1.165) is 16.9 Å². The molecule has 3 N–H and O–H groups in total. The first-order valence-corrected chi connectivity index (χ1v) is 5.08. The van der Waals surface area contributed by atoms with Crippen molar-refractivity contribution in [3.05, 3.63) is 43.2 Å². The van der Waals surface area contributed by atoms with Gasteiger partial charge in [-0.25, -0.2) is 4.98 Å². The van der Waals surface area contributed by atoms with Crippen molar-refractivity contribution < 1.29 is 0 Å². The third kappa shape index (κ3) is 1.65. The minimum Gasteiger partial charge on any atom is -0.382 e. The zero-order valence-electron chi connectivity index (χ0n) is 8.91. The lowest BCUT2D eigenvalue weighted by molar-refractivity contribution is 1.06. The third-order valence-corrected chi connectivity index (χ3v) is 2.47. The molecule has 0 aliphatic carbocycles. The SMILES string of the molecule is Nc1[nH]ncc1-n1cnc(-c2cccnc2)c1. The van der Waals surface area contributed by atoms with Gasteiger partial charge < -0.3 is 10.3 Å². The van der Waals surface area contributed by atoms with Crippen molar-refractivity contribution in [3.8, 4) is 16.9 Å². The fraction of sp³-hybridized carbons (Fsp3) is 0. The minimum absolute atomic E-state index is 0.514. The largest absolute Gasteiger partial charge is 0.382 e. The smallest absolute Gasteiger partial charge is 0.143 e. The minimum atomic E-state index is 0.514. The molecule has 0 spiro atoms. The second-order valence-electron chi connectivity index (χ2n) is 3.58. The summed E-state index contributed by atoms with van der Waals surface area (Å²) in [6.07, 6.45) is 8.74. The number of nitrogens with one attached hydrogen (secondary N) is 1. The zero-order valence-corrected chi connectivity index (χ0v) is 8.91. The van der Waals surface area contributed by atoms with E-state index in [1.165, 1.54) is 0 Å². The molecule has 6 nitrogen and oxygen atoms in total. The highest BCUT2D eigenvalue weighted by atomic mass is 15.2. The summed E-state index contributed by atoms with van der Waals surface area (Å²) in [6.45, 7) is 0. The topological polar surface area (TPSA) is 85.4 Å². The molecule has 0 aliphatic heterocycles. The lowest BCUT2D eigenvalue weighted by Crippen LogP contribution is -1.94. The summed E-state index contributed by atoms with van der Waals surface area (Å²) in [5.74, 6) is 0.514. The van der Waals surface area contributed by atoms with Crippen LogP contribution in [0.4, 0.5) is 5.82 Å². The van der Waals surface area contributed by atoms with Crippen LogP contribution in [0.3, 0.4) is 0 Å². The van der Waals surface area contributed by atoms with Gasteiger partial charge in [-0.1, -0.05) is 0 Å². The third-order valence-electron chi connectivity index (χ3n) is 2.47. The van der Waals surface area contributed by atoms with Crippen LogP contribution >= 0.6 is 0 Å². The maximum Gasteiger partial charge on any atom is 0.143 e. The maximum absolute atomic E-state index is 5.74. The number of nitrogens with zero attached hydrogens (tertiary/aromatic N) is 4. The van der Waals surface area contributed by atoms with E-state index in [-0.39, 0.29) is 0 Å². The fourth-order valence-corrected chi connectivity index (χ4v) is 1.61. The van der Waals surface area contributed by atoms with Gasteiger partial charge >= 0.3 is 0 Å². The van der Waals surface area contributed by atoms with Crippen molar-refractivity contribution in [1.82, 2.24) is 24.7 Å². The predicted octanol–water partition coefficient (Wildman–Crippen LogP) is 1.24. The molecule has 84 valence electrons. The monoisotopic (exact) mass is 226 g/mol. The quantitative estimate of drug-likeness (QED) is 0.688. The van der Waals surface area contributed by atoms with Crippen molar-refractivity contribution in [2.24, 2.45) is 0 Å². The van der Waals surface area contributed by atoms with Crippen molar-refractivity contribution in [3.63, 3.8) is 0 Å². The summed E-state index contributed by atoms with van der Waals surface area (Å²) in [5, 5.41) is 6.55. The first-order chi connectivity index (χ1) is 8.34. The van der Waals surface area contributed by atoms with Crippen LogP contribution < -0.4 is 5.73 Å². The molecule has 0 fully saturated rings. The number of anilines is 1. The number of pyridine rings is 1. The second-order valence-corrected chi connectivity index (χ2v) is 3.58. The second kappa shape index (κ2) is 3.75. The van der Waals surface area contributed by atoms with Crippen molar-refractivity contribution in [2.75, 3.05) is 5.73 Å². The Balaban J connectivity index is 2.02. The van der Waals surface area contributed by atoms with Gasteiger partial charge in [0.25, 0.3) is 0 Å². The van der Waals surface area contributed by atoms with E-state index < -0.39 is 0 Å². The Morgan fingerprint density at radius 3 is 2.94 bits per heavy atom. The van der Waals surface area contributed by atoms with Crippen LogP contribution in [0.25, 0.3) is 16.9 Å². The lowest BCUT2D eigenvalue weighted by Gasteiger charge is -1.97. The van der Waals surface area contributed by atoms with Crippen LogP contribution in [-0.2, 0) is 0 Å². The number of aromatic amines is 1. The van der Waals surface area contributed by atoms with Gasteiger partial charge in [0.2, 0.25) is 0 Å². The van der Waals surface area contributed by atoms with E-state index in [1.54, 1.807) is 24.9 Å². The zero-order chi connectivity index (χ0) is 11.7. The highest BCUT2D eigenvalue weighted by molar-refractivity contribution is 5.59. The molecule has 0 aliphatic rings. The van der Waals surface area contributed by atoms with E-state index in [0.29, 0.717) is 5.82 Å². The Morgan fingerprint density at radius 1 is 1.29 bits per heavy atom. The summed E-state index contributed by atoms with van der Waals surface area (Å²) in [7, 11) is 0. The van der Waals surface area contributed by atoms with Crippen LogP contribution in [0.5, 0.6) is 0 Å². The molecule has 0 saturated heterocycles. The lowest BCUT2D eigenvalue weighted by atomic mass is 10.2. The van der Waals surface area contributed by atoms with Crippen LogP contribution in [0.2, 0.25) is 0 Å². The molecule has 0 radical (unpaired) electrons. The van der Waals surface area contributed by atoms with E-state index in [9.17, 15) is 0 Å². The highest BCUT2D eigenvalue weighted by Crippen LogP contribution is 2.19. The molecule has 0 atom stereocenters. The Morgan fingerprint density at radius 2 is 2.24 bits per heavy atom. The Hall–Kier alpha value is -2.63. The molecule has 3 rings (SSSR count). The molecule has 3 heterocycles. The molecule has 6 heteroatoms. The van der Waals surface area contributed by atoms with Gasteiger partial charge in [0.05, 0.1) is 11.9 Å². The van der Waals surface area contributed by atoms with Gasteiger partial charge in [0.1, 0.15) is 17.8 Å². The van der Waals surface area contributed by atoms with Gasteiger partial charge in [-0.05, 0) is 12.1 Å². The van der Waals surface area contributed by atoms with Crippen molar-refractivity contribution >= 4 is 5.82 Å². The fourth-order valence-electron chi connectivity index (χ4n) is 1.61. The van der Waals surface area contributed by atoms with Crippen LogP contribution in [0.1, 0.15) is 0 Å². The Kier molecular flexibility index (Phi) is 2.11. The average Bonchev–Trinajstić information content (AvgIpc) is 2.98. The molecule has 0 amide bonds. The van der Waals surface area contributed by atoms with E-state index in [1.807, 2.05) is 22.9 Å². The van der Waals surface area contributed by atoms with Crippen LogP contribution in [0.15, 0.2) is 43.2 Å². The number of hydrogen-bond acceptors (Lipinski definition) is 4. The van der Waals surface area contributed by atoms with Crippen molar-refractivity contribution in [1.29, 1.82) is 0 Å². The predicted molar refractivity (Wildman–Crippen MR) is 63.4 cm³/mol. The molecule has 3 aromatic rings. The van der Waals surface area contributed by atoms with Gasteiger partial charge in [0.15, 0.2) is 0 Å². The highest BCUT2D eigenvalue weighted by Gasteiger charge is 2.06. The number of imidazole rings is 1. The number of hydrogen-bond donors (Lipinski definition) is 2. The first kappa shape index (κ1) is 9.59. The van der Waals surface area contributed by atoms with Crippen LogP contribution in [0, 0.1) is 0 Å². The first-order valence-electron chi connectivity index (χ1n) is 5.08. The normalized spacial score (nSPS) is 10.6. The summed E-state index contributed by atoms with van der Waals surface area (Å²) in [4.78, 5) is 8.37.